The fourth-order valence-corrected chi connectivity index (χ4v) is 4.66. The maximum Gasteiger partial charge on any atom is 0.308 e. The molecular weight excluding hydrogens is 650 g/mol. The van der Waals surface area contributed by atoms with Gasteiger partial charge in [0.2, 0.25) is 0 Å². The van der Waals surface area contributed by atoms with Crippen LogP contribution in [0.2, 0.25) is 5.02 Å². The summed E-state index contributed by atoms with van der Waals surface area (Å²) in [7, 11) is 0. The fraction of sp³-hybridized carbons (Fsp3) is 0.474. The lowest BCUT2D eigenvalue weighted by atomic mass is 10.0. The van der Waals surface area contributed by atoms with E-state index >= 15 is 0 Å². The number of pyridine rings is 1. The average molecular weight is 698 g/mol. The van der Waals surface area contributed by atoms with Gasteiger partial charge in [-0.3, -0.25) is 19.4 Å². The van der Waals surface area contributed by atoms with Gasteiger partial charge in [-0.15, -0.1) is 0 Å². The third-order valence-electron chi connectivity index (χ3n) is 6.88. The Morgan fingerprint density at radius 2 is 1.29 bits per heavy atom. The van der Waals surface area contributed by atoms with Gasteiger partial charge in [0, 0.05) is 43.2 Å². The predicted molar refractivity (Wildman–Crippen MR) is 187 cm³/mol. The highest BCUT2D eigenvalue weighted by Crippen LogP contribution is 2.23. The molecule has 0 aliphatic rings. The number of benzene rings is 2. The highest BCUT2D eigenvalue weighted by Gasteiger charge is 2.16. The number of rotatable bonds is 23. The number of hydrogen-bond acceptors (Lipinski definition) is 10. The zero-order valence-corrected chi connectivity index (χ0v) is 29.7. The van der Waals surface area contributed by atoms with Crippen LogP contribution in [0.5, 0.6) is 11.5 Å². The molecule has 3 aromatic rings. The molecule has 0 saturated carbocycles. The highest BCUT2D eigenvalue weighted by molar-refractivity contribution is 6.31. The van der Waals surface area contributed by atoms with Crippen LogP contribution in [0.3, 0.4) is 0 Å². The molecule has 11 heteroatoms. The van der Waals surface area contributed by atoms with Crippen molar-refractivity contribution in [2.24, 2.45) is 0 Å². The third kappa shape index (κ3) is 17.0. The van der Waals surface area contributed by atoms with Gasteiger partial charge in [0.1, 0.15) is 28.6 Å². The van der Waals surface area contributed by atoms with E-state index < -0.39 is 5.60 Å². The average Bonchev–Trinajstić information content (AvgIpc) is 3.04. The largest absolute Gasteiger partial charge is 0.460 e. The number of ether oxygens (including phenoxy) is 6. The number of aromatic nitrogens is 1. The number of carbonyl (C=O) groups excluding carboxylic acids is 3. The van der Waals surface area contributed by atoms with Gasteiger partial charge in [-0.1, -0.05) is 35.9 Å². The number of esters is 1. The van der Waals surface area contributed by atoms with Crippen LogP contribution in [0, 0.1) is 6.92 Å². The molecule has 49 heavy (non-hydrogen) atoms. The summed E-state index contributed by atoms with van der Waals surface area (Å²) >= 11 is 6.08. The maximum absolute atomic E-state index is 12.7. The second-order valence-electron chi connectivity index (χ2n) is 12.4. The zero-order valence-electron chi connectivity index (χ0n) is 29.0. The first-order valence-corrected chi connectivity index (χ1v) is 16.9. The first-order valence-electron chi connectivity index (χ1n) is 16.5. The topological polar surface area (TPSA) is 119 Å². The lowest BCUT2D eigenvalue weighted by molar-refractivity contribution is -0.156. The third-order valence-corrected chi connectivity index (χ3v) is 7.30. The first-order chi connectivity index (χ1) is 23.5. The Bertz CT molecular complexity index is 1470. The quantitative estimate of drug-likeness (QED) is 0.0585. The highest BCUT2D eigenvalue weighted by atomic mass is 35.5. The van der Waals surface area contributed by atoms with Crippen molar-refractivity contribution in [1.82, 2.24) is 4.98 Å². The summed E-state index contributed by atoms with van der Waals surface area (Å²) in [5.74, 6) is 0.834. The number of ketones is 2. The van der Waals surface area contributed by atoms with Gasteiger partial charge >= 0.3 is 5.97 Å². The molecule has 0 radical (unpaired) electrons. The molecule has 0 amide bonds. The van der Waals surface area contributed by atoms with Gasteiger partial charge in [0.25, 0.3) is 0 Å². The molecule has 0 aliphatic carbocycles. The lowest BCUT2D eigenvalue weighted by Gasteiger charge is -2.19. The molecule has 0 spiro atoms. The van der Waals surface area contributed by atoms with Crippen molar-refractivity contribution in [3.63, 3.8) is 0 Å². The van der Waals surface area contributed by atoms with Crippen molar-refractivity contribution in [1.29, 1.82) is 0 Å². The van der Waals surface area contributed by atoms with Crippen molar-refractivity contribution >= 4 is 29.1 Å². The molecule has 10 nitrogen and oxygen atoms in total. The Hall–Kier alpha value is -3.67. The smallest absolute Gasteiger partial charge is 0.308 e. The summed E-state index contributed by atoms with van der Waals surface area (Å²) in [4.78, 5) is 41.1. The van der Waals surface area contributed by atoms with Gasteiger partial charge in [0.05, 0.1) is 52.7 Å². The standard InChI is InChI=1S/C38H48ClNO9/c1-28-24-30(9-12-34(28)39)26-31(41)25-29-7-10-32(11-8-29)48-33-13-15-40-35(27-33)36(42)6-5-16-44-18-20-46-22-23-47-21-19-45-17-14-37(43)49-38(2,3)4/h7-13,15,24,27H,5-6,14,16-23,25-26H2,1-4H3. The van der Waals surface area contributed by atoms with Crippen LogP contribution in [-0.4, -0.2) is 81.0 Å². The van der Waals surface area contributed by atoms with Gasteiger partial charge in [0.15, 0.2) is 5.78 Å². The molecule has 0 atom stereocenters. The molecule has 0 fully saturated rings. The summed E-state index contributed by atoms with van der Waals surface area (Å²) in [5.41, 5.74) is 2.63. The van der Waals surface area contributed by atoms with Crippen molar-refractivity contribution < 1.29 is 42.8 Å². The summed E-state index contributed by atoms with van der Waals surface area (Å²) in [6.07, 6.45) is 3.28. The molecular formula is C38H48ClNO9. The van der Waals surface area contributed by atoms with E-state index in [9.17, 15) is 14.4 Å². The number of aryl methyl sites for hydroxylation is 1. The second-order valence-corrected chi connectivity index (χ2v) is 12.8. The van der Waals surface area contributed by atoms with E-state index in [0.29, 0.717) is 101 Å². The molecule has 0 unspecified atom stereocenters. The van der Waals surface area contributed by atoms with Crippen LogP contribution in [-0.2, 0) is 46.1 Å². The van der Waals surface area contributed by atoms with Crippen molar-refractivity contribution in [3.05, 3.63) is 88.2 Å². The number of carbonyl (C=O) groups is 3. The zero-order chi connectivity index (χ0) is 35.5. The van der Waals surface area contributed by atoms with E-state index in [4.69, 9.17) is 40.0 Å². The lowest BCUT2D eigenvalue weighted by Crippen LogP contribution is -2.24. The van der Waals surface area contributed by atoms with Gasteiger partial charge < -0.3 is 28.4 Å². The minimum atomic E-state index is -0.491. The Kier molecular flexibility index (Phi) is 17.4. The molecule has 0 saturated heterocycles. The molecule has 1 heterocycles. The fourth-order valence-electron chi connectivity index (χ4n) is 4.55. The molecule has 3 rings (SSSR count). The number of hydrogen-bond donors (Lipinski definition) is 0. The minimum Gasteiger partial charge on any atom is -0.460 e. The van der Waals surface area contributed by atoms with Crippen molar-refractivity contribution in [2.75, 3.05) is 52.9 Å². The van der Waals surface area contributed by atoms with E-state index in [1.54, 1.807) is 30.5 Å². The Morgan fingerprint density at radius 1 is 0.694 bits per heavy atom. The second kappa shape index (κ2) is 21.4. The van der Waals surface area contributed by atoms with E-state index in [1.807, 2.05) is 58.0 Å². The van der Waals surface area contributed by atoms with Crippen LogP contribution in [0.15, 0.2) is 60.8 Å². The molecule has 0 aliphatic heterocycles. The SMILES string of the molecule is Cc1cc(CC(=O)Cc2ccc(Oc3ccnc(C(=O)CCCOCCOCCOCCOCCC(=O)OC(C)(C)C)c3)cc2)ccc1Cl. The number of Topliss-reactive ketones (excluding diaryl/α,β-unsaturated/α-hetero) is 2. The number of nitrogens with zero attached hydrogens (tertiary/aromatic N) is 1. The van der Waals surface area contributed by atoms with Crippen LogP contribution in [0.25, 0.3) is 0 Å². The molecule has 266 valence electrons. The van der Waals surface area contributed by atoms with E-state index in [2.05, 4.69) is 4.98 Å². The maximum atomic E-state index is 12.7. The van der Waals surface area contributed by atoms with E-state index in [-0.39, 0.29) is 24.0 Å². The molecule has 1 aromatic heterocycles. The Morgan fingerprint density at radius 3 is 1.92 bits per heavy atom. The predicted octanol–water partition coefficient (Wildman–Crippen LogP) is 6.95. The van der Waals surface area contributed by atoms with E-state index in [1.165, 1.54) is 0 Å². The van der Waals surface area contributed by atoms with Crippen LogP contribution in [0.4, 0.5) is 0 Å². The summed E-state index contributed by atoms with van der Waals surface area (Å²) in [5, 5.41) is 0.690. The van der Waals surface area contributed by atoms with Crippen molar-refractivity contribution in [2.45, 2.75) is 65.4 Å². The Labute approximate surface area is 294 Å². The molecule has 0 bridgehead atoms. The molecule has 0 N–H and O–H groups in total. The van der Waals surface area contributed by atoms with Gasteiger partial charge in [-0.05, 0) is 75.1 Å². The van der Waals surface area contributed by atoms with Crippen molar-refractivity contribution in [3.8, 4) is 11.5 Å². The van der Waals surface area contributed by atoms with Gasteiger partial charge in [-0.25, -0.2) is 0 Å². The minimum absolute atomic E-state index is 0.0963. The van der Waals surface area contributed by atoms with E-state index in [0.717, 1.165) is 16.7 Å². The summed E-state index contributed by atoms with van der Waals surface area (Å²) in [6.45, 7) is 10.6. The normalized spacial score (nSPS) is 11.4. The summed E-state index contributed by atoms with van der Waals surface area (Å²) in [6, 6.07) is 16.3. The van der Waals surface area contributed by atoms with Crippen LogP contribution < -0.4 is 4.74 Å². The Balaban J connectivity index is 1.22. The number of halogens is 1. The molecule has 2 aromatic carbocycles. The van der Waals surface area contributed by atoms with Crippen LogP contribution in [0.1, 0.15) is 67.2 Å². The van der Waals surface area contributed by atoms with Crippen LogP contribution >= 0.6 is 11.6 Å². The first kappa shape index (κ1) is 39.8. The summed E-state index contributed by atoms with van der Waals surface area (Å²) < 4.78 is 33.0. The monoisotopic (exact) mass is 697 g/mol. The van der Waals surface area contributed by atoms with Gasteiger partial charge in [-0.2, -0.15) is 0 Å².